The molecule has 0 N–H and O–H groups in total. The van der Waals surface area contributed by atoms with Crippen LogP contribution >= 0.6 is 0 Å². The van der Waals surface area contributed by atoms with Crippen molar-refractivity contribution in [1.82, 2.24) is 19.9 Å². The van der Waals surface area contributed by atoms with Crippen molar-refractivity contribution in [2.24, 2.45) is 0 Å². The molecule has 10 aromatic rings. The monoisotopic (exact) mass is 740 g/mol. The minimum absolute atomic E-state index is 0.565. The van der Waals surface area contributed by atoms with E-state index in [0.29, 0.717) is 11.6 Å². The second kappa shape index (κ2) is 12.6. The maximum absolute atomic E-state index is 6.61. The van der Waals surface area contributed by atoms with Crippen LogP contribution in [0, 0.1) is 0 Å². The largest absolute Gasteiger partial charge is 0.456 e. The van der Waals surface area contributed by atoms with Crippen LogP contribution in [0.3, 0.4) is 0 Å². The van der Waals surface area contributed by atoms with Crippen LogP contribution in [0.25, 0.3) is 90.5 Å². The molecular weight excluding hydrogens is 709 g/mol. The summed E-state index contributed by atoms with van der Waals surface area (Å²) < 4.78 is 6.61. The molecule has 2 aliphatic rings. The van der Waals surface area contributed by atoms with E-state index in [0.717, 1.165) is 61.1 Å². The highest BCUT2D eigenvalue weighted by molar-refractivity contribution is 6.08. The zero-order valence-corrected chi connectivity index (χ0v) is 31.2. The summed E-state index contributed by atoms with van der Waals surface area (Å²) in [6.45, 7) is 0. The molecule has 12 rings (SSSR count). The van der Waals surface area contributed by atoms with E-state index in [9.17, 15) is 0 Å². The van der Waals surface area contributed by atoms with Crippen LogP contribution in [0.4, 0.5) is 0 Å². The second-order valence-corrected chi connectivity index (χ2v) is 15.0. The Bertz CT molecular complexity index is 3280. The second-order valence-electron chi connectivity index (χ2n) is 15.0. The fourth-order valence-corrected chi connectivity index (χ4v) is 9.23. The van der Waals surface area contributed by atoms with Crippen molar-refractivity contribution in [1.29, 1.82) is 0 Å². The molecule has 1 spiro atoms. The predicted octanol–water partition coefficient (Wildman–Crippen LogP) is 12.7. The molecule has 1 atom stereocenters. The first-order valence-corrected chi connectivity index (χ1v) is 19.5. The van der Waals surface area contributed by atoms with Crippen LogP contribution in [0.2, 0.25) is 0 Å². The fourth-order valence-electron chi connectivity index (χ4n) is 9.23. The Kier molecular flexibility index (Phi) is 7.07. The van der Waals surface area contributed by atoms with Gasteiger partial charge in [0.15, 0.2) is 11.6 Å². The van der Waals surface area contributed by atoms with Crippen LogP contribution < -0.4 is 0 Å². The summed E-state index contributed by atoms with van der Waals surface area (Å²) in [7, 11) is 0. The molecule has 5 nitrogen and oxygen atoms in total. The number of hydrogen-bond acceptors (Lipinski definition) is 5. The maximum atomic E-state index is 6.61. The summed E-state index contributed by atoms with van der Waals surface area (Å²) in [6, 6.07) is 59.9. The van der Waals surface area contributed by atoms with Crippen LogP contribution in [-0.4, -0.2) is 19.9 Å². The van der Waals surface area contributed by atoms with Crippen LogP contribution in [0.15, 0.2) is 187 Å². The number of rotatable bonds is 4. The summed E-state index contributed by atoms with van der Waals surface area (Å²) in [5.74, 6) is 1.22. The van der Waals surface area contributed by atoms with Gasteiger partial charge in [-0.1, -0.05) is 152 Å². The smallest absolute Gasteiger partial charge is 0.163 e. The molecule has 5 heteroatoms. The first-order valence-electron chi connectivity index (χ1n) is 19.5. The molecule has 270 valence electrons. The number of para-hydroxylation sites is 1. The van der Waals surface area contributed by atoms with Gasteiger partial charge in [-0.3, -0.25) is 0 Å². The molecule has 0 bridgehead atoms. The van der Waals surface area contributed by atoms with E-state index in [1.165, 1.54) is 38.9 Å². The van der Waals surface area contributed by atoms with Gasteiger partial charge < -0.3 is 4.42 Å². The van der Waals surface area contributed by atoms with Crippen molar-refractivity contribution in [2.75, 3.05) is 0 Å². The minimum atomic E-state index is -0.649. The molecule has 0 amide bonds. The number of fused-ring (bicyclic) bond motifs is 12. The van der Waals surface area contributed by atoms with Gasteiger partial charge in [0.05, 0.1) is 22.4 Å². The van der Waals surface area contributed by atoms with Crippen molar-refractivity contribution in [3.8, 4) is 56.4 Å². The van der Waals surface area contributed by atoms with Gasteiger partial charge in [-0.15, -0.1) is 0 Å². The van der Waals surface area contributed by atoms with E-state index in [1.54, 1.807) is 0 Å². The molecule has 58 heavy (non-hydrogen) atoms. The van der Waals surface area contributed by atoms with Gasteiger partial charge in [0.2, 0.25) is 0 Å². The van der Waals surface area contributed by atoms with Crippen LogP contribution in [-0.2, 0) is 5.41 Å². The predicted molar refractivity (Wildman–Crippen MR) is 233 cm³/mol. The molecule has 0 aliphatic heterocycles. The molecule has 2 aliphatic carbocycles. The molecule has 3 aromatic heterocycles. The molecule has 0 radical (unpaired) electrons. The third kappa shape index (κ3) is 4.83. The van der Waals surface area contributed by atoms with E-state index >= 15 is 0 Å². The van der Waals surface area contributed by atoms with Gasteiger partial charge >= 0.3 is 0 Å². The molecule has 0 saturated heterocycles. The van der Waals surface area contributed by atoms with Gasteiger partial charge in [-0.05, 0) is 74.8 Å². The molecule has 1 unspecified atom stereocenters. The van der Waals surface area contributed by atoms with E-state index in [-0.39, 0.29) is 0 Å². The van der Waals surface area contributed by atoms with Crippen molar-refractivity contribution < 1.29 is 4.42 Å². The van der Waals surface area contributed by atoms with Crippen LogP contribution in [0.1, 0.15) is 33.4 Å². The molecular formula is C53H32N4O. The first kappa shape index (κ1) is 32.5. The van der Waals surface area contributed by atoms with Crippen molar-refractivity contribution in [3.63, 3.8) is 0 Å². The van der Waals surface area contributed by atoms with Crippen LogP contribution in [0.5, 0.6) is 0 Å². The van der Waals surface area contributed by atoms with Gasteiger partial charge in [0, 0.05) is 39.9 Å². The van der Waals surface area contributed by atoms with Gasteiger partial charge in [-0.25, -0.2) is 19.9 Å². The highest BCUT2D eigenvalue weighted by Crippen LogP contribution is 2.59. The average molecular weight is 741 g/mol. The number of benzene rings is 7. The van der Waals surface area contributed by atoms with Gasteiger partial charge in [0.25, 0.3) is 0 Å². The Morgan fingerprint density at radius 2 is 1.03 bits per heavy atom. The standard InChI is InChI=1S/C53H32N4O/c1-3-14-35(15-4-1)47-30-48(57-52(56-47)38-31-54-51(55-32-38)36-16-5-2-6-17-36)37-26-25-34-24-23-33-13-7-10-20-43(33)53(45(34)27-37)44-21-11-8-18-39(44)41-28-42-40-19-9-12-22-49(40)58-50(42)29-46(41)53/h1-32H. The van der Waals surface area contributed by atoms with Crippen molar-refractivity contribution in [3.05, 3.63) is 216 Å². The summed E-state index contributed by atoms with van der Waals surface area (Å²) in [4.78, 5) is 19.8. The summed E-state index contributed by atoms with van der Waals surface area (Å²) >= 11 is 0. The molecule has 3 heterocycles. The zero-order chi connectivity index (χ0) is 38.2. The Hall–Kier alpha value is -7.76. The molecule has 0 fully saturated rings. The Morgan fingerprint density at radius 1 is 0.379 bits per heavy atom. The quantitative estimate of drug-likeness (QED) is 0.180. The number of hydrogen-bond donors (Lipinski definition) is 0. The summed E-state index contributed by atoms with van der Waals surface area (Å²) in [6.07, 6.45) is 8.17. The first-order chi connectivity index (χ1) is 28.7. The number of furan rings is 1. The lowest BCUT2D eigenvalue weighted by atomic mass is 9.65. The molecule has 7 aromatic carbocycles. The number of nitrogens with zero attached hydrogens (tertiary/aromatic N) is 4. The normalized spacial score (nSPS) is 14.9. The highest BCUT2D eigenvalue weighted by atomic mass is 16.3. The van der Waals surface area contributed by atoms with E-state index in [2.05, 4.69) is 127 Å². The lowest BCUT2D eigenvalue weighted by Gasteiger charge is -2.35. The minimum Gasteiger partial charge on any atom is -0.456 e. The topological polar surface area (TPSA) is 64.7 Å². The summed E-state index contributed by atoms with van der Waals surface area (Å²) in [5, 5.41) is 2.25. The Labute approximate surface area is 334 Å². The van der Waals surface area contributed by atoms with E-state index < -0.39 is 5.41 Å². The zero-order valence-electron chi connectivity index (χ0n) is 31.2. The Balaban J connectivity index is 1.11. The maximum Gasteiger partial charge on any atom is 0.163 e. The SMILES string of the molecule is C1=Cc2ccc(-c3cc(-c4ccccc4)nc(-c4cnc(-c5ccccc5)nc4)n3)cc2C2(c3ccccc31)c1ccccc1-c1cc3c(cc12)oc1ccccc13. The van der Waals surface area contributed by atoms with Crippen molar-refractivity contribution in [2.45, 2.75) is 5.41 Å². The lowest BCUT2D eigenvalue weighted by molar-refractivity contribution is 0.666. The van der Waals surface area contributed by atoms with E-state index in [1.807, 2.05) is 67.0 Å². The Morgan fingerprint density at radius 3 is 1.84 bits per heavy atom. The fraction of sp³-hybridized carbons (Fsp3) is 0.0189. The lowest BCUT2D eigenvalue weighted by Crippen LogP contribution is -2.30. The molecule has 0 saturated carbocycles. The van der Waals surface area contributed by atoms with Crippen molar-refractivity contribution >= 4 is 34.1 Å². The summed E-state index contributed by atoms with van der Waals surface area (Å²) in [5.41, 5.74) is 16.1. The van der Waals surface area contributed by atoms with Gasteiger partial charge in [0.1, 0.15) is 11.2 Å². The third-order valence-electron chi connectivity index (χ3n) is 11.8. The third-order valence-corrected chi connectivity index (χ3v) is 11.8. The average Bonchev–Trinajstić information content (AvgIpc) is 3.75. The highest BCUT2D eigenvalue weighted by Gasteiger charge is 2.49. The number of aromatic nitrogens is 4. The van der Waals surface area contributed by atoms with Gasteiger partial charge in [-0.2, -0.15) is 0 Å². The van der Waals surface area contributed by atoms with E-state index in [4.69, 9.17) is 24.4 Å².